The Bertz CT molecular complexity index is 1440. The molecule has 0 atom stereocenters. The molecule has 0 spiro atoms. The topological polar surface area (TPSA) is 109 Å². The fraction of sp³-hybridized carbons (Fsp3) is 0. The van der Waals surface area contributed by atoms with E-state index in [1.54, 1.807) is 36.4 Å². The summed E-state index contributed by atoms with van der Waals surface area (Å²) in [5.74, 6) is -2.29. The Kier molecular flexibility index (Phi) is 3.60. The lowest BCUT2D eigenvalue weighted by molar-refractivity contribution is 0.0688. The highest BCUT2D eigenvalue weighted by Crippen LogP contribution is 2.43. The maximum absolute atomic E-state index is 11.8. The van der Waals surface area contributed by atoms with Gasteiger partial charge in [-0.05, 0) is 44.5 Å². The number of carbonyl (C=O) groups excluding carboxylic acids is 2. The summed E-state index contributed by atoms with van der Waals surface area (Å²) in [6.45, 7) is 0. The van der Waals surface area contributed by atoms with Gasteiger partial charge < -0.3 is 10.2 Å². The van der Waals surface area contributed by atoms with Crippen LogP contribution >= 0.6 is 0 Å². The number of carboxylic acids is 2. The third-order valence-corrected chi connectivity index (χ3v) is 5.68. The lowest BCUT2D eigenvalue weighted by Crippen LogP contribution is -2.03. The molecule has 0 aliphatic carbocycles. The number of hydrogen-bond acceptors (Lipinski definition) is 4. The number of aldehydes is 2. The van der Waals surface area contributed by atoms with Crippen molar-refractivity contribution in [3.63, 3.8) is 0 Å². The summed E-state index contributed by atoms with van der Waals surface area (Å²) in [6.07, 6.45) is 1.26. The van der Waals surface area contributed by atoms with Gasteiger partial charge in [-0.15, -0.1) is 0 Å². The van der Waals surface area contributed by atoms with Crippen LogP contribution in [0.3, 0.4) is 0 Å². The standard InChI is InChI=1S/C24H12O6/c25-9-11-1-3-13-14-4-2-12(10-26)20-18(24(29)30)8-6-16(22(14)20)15-5-7-17(23(27)28)19(11)21(13)15/h1-10H,(H,27,28)(H,29,30). The van der Waals surface area contributed by atoms with E-state index >= 15 is 0 Å². The summed E-state index contributed by atoms with van der Waals surface area (Å²) >= 11 is 0. The Morgan fingerprint density at radius 2 is 0.867 bits per heavy atom. The second-order valence-corrected chi connectivity index (χ2v) is 7.07. The van der Waals surface area contributed by atoms with Crippen LogP contribution in [0.5, 0.6) is 0 Å². The average molecular weight is 396 g/mol. The van der Waals surface area contributed by atoms with Crippen molar-refractivity contribution in [3.8, 4) is 0 Å². The van der Waals surface area contributed by atoms with Crippen molar-refractivity contribution in [1.29, 1.82) is 0 Å². The molecule has 0 aliphatic rings. The highest BCUT2D eigenvalue weighted by Gasteiger charge is 2.22. The van der Waals surface area contributed by atoms with Gasteiger partial charge in [0.15, 0.2) is 12.6 Å². The lowest BCUT2D eigenvalue weighted by Gasteiger charge is -2.18. The summed E-state index contributed by atoms with van der Waals surface area (Å²) in [7, 11) is 0. The van der Waals surface area contributed by atoms with Crippen molar-refractivity contribution in [2.75, 3.05) is 0 Å². The quantitative estimate of drug-likeness (QED) is 0.258. The Morgan fingerprint density at radius 3 is 1.17 bits per heavy atom. The molecule has 0 heterocycles. The second kappa shape index (κ2) is 6.09. The maximum atomic E-state index is 11.8. The molecule has 6 heteroatoms. The van der Waals surface area contributed by atoms with Crippen LogP contribution in [0.4, 0.5) is 0 Å². The Balaban J connectivity index is 2.18. The molecule has 0 aliphatic heterocycles. The molecule has 0 unspecified atom stereocenters. The smallest absolute Gasteiger partial charge is 0.336 e. The first-order chi connectivity index (χ1) is 14.5. The Morgan fingerprint density at radius 1 is 0.533 bits per heavy atom. The minimum Gasteiger partial charge on any atom is -0.478 e. The number of carboxylic acid groups (broad SMARTS) is 2. The van der Waals surface area contributed by atoms with Gasteiger partial charge in [-0.25, -0.2) is 9.59 Å². The molecular weight excluding hydrogens is 384 g/mol. The number of fused-ring (bicyclic) bond motifs is 2. The van der Waals surface area contributed by atoms with Crippen LogP contribution in [-0.4, -0.2) is 34.7 Å². The van der Waals surface area contributed by atoms with Gasteiger partial charge >= 0.3 is 11.9 Å². The molecule has 5 aromatic carbocycles. The van der Waals surface area contributed by atoms with Crippen LogP contribution in [0.15, 0.2) is 48.5 Å². The molecule has 0 radical (unpaired) electrons. The summed E-state index contributed by atoms with van der Waals surface area (Å²) in [6, 6.07) is 12.8. The monoisotopic (exact) mass is 396 g/mol. The minimum atomic E-state index is -1.14. The molecule has 0 saturated carbocycles. The van der Waals surface area contributed by atoms with Crippen LogP contribution in [0.25, 0.3) is 43.1 Å². The van der Waals surface area contributed by atoms with Crippen molar-refractivity contribution in [2.24, 2.45) is 0 Å². The third-order valence-electron chi connectivity index (χ3n) is 5.68. The van der Waals surface area contributed by atoms with Crippen molar-refractivity contribution in [3.05, 3.63) is 70.8 Å². The fourth-order valence-electron chi connectivity index (χ4n) is 4.49. The molecule has 5 rings (SSSR count). The van der Waals surface area contributed by atoms with E-state index in [1.165, 1.54) is 12.1 Å². The fourth-order valence-corrected chi connectivity index (χ4v) is 4.49. The number of rotatable bonds is 4. The van der Waals surface area contributed by atoms with Gasteiger partial charge in [0, 0.05) is 21.9 Å². The van der Waals surface area contributed by atoms with Gasteiger partial charge in [0.05, 0.1) is 11.1 Å². The van der Waals surface area contributed by atoms with Gasteiger partial charge in [-0.1, -0.05) is 36.4 Å². The molecule has 0 fully saturated rings. The summed E-state index contributed by atoms with van der Waals surface area (Å²) in [4.78, 5) is 47.0. The van der Waals surface area contributed by atoms with E-state index < -0.39 is 11.9 Å². The van der Waals surface area contributed by atoms with E-state index in [2.05, 4.69) is 0 Å². The summed E-state index contributed by atoms with van der Waals surface area (Å²) in [5.41, 5.74) is 0.562. The lowest BCUT2D eigenvalue weighted by atomic mass is 9.84. The van der Waals surface area contributed by atoms with Crippen molar-refractivity contribution < 1.29 is 29.4 Å². The zero-order valence-corrected chi connectivity index (χ0v) is 15.3. The Labute approximate surface area is 168 Å². The molecule has 144 valence electrons. The first-order valence-electron chi connectivity index (χ1n) is 9.05. The predicted molar refractivity (Wildman–Crippen MR) is 112 cm³/mol. The van der Waals surface area contributed by atoms with Gasteiger partial charge in [0.25, 0.3) is 0 Å². The molecule has 0 bridgehead atoms. The first-order valence-corrected chi connectivity index (χ1v) is 9.05. The van der Waals surface area contributed by atoms with E-state index in [0.29, 0.717) is 55.7 Å². The molecule has 30 heavy (non-hydrogen) atoms. The number of carbonyl (C=O) groups is 4. The van der Waals surface area contributed by atoms with E-state index in [9.17, 15) is 29.4 Å². The van der Waals surface area contributed by atoms with Crippen LogP contribution in [0.2, 0.25) is 0 Å². The molecular formula is C24H12O6. The van der Waals surface area contributed by atoms with Crippen molar-refractivity contribution >= 4 is 67.6 Å². The van der Waals surface area contributed by atoms with E-state index in [4.69, 9.17) is 0 Å². The predicted octanol–water partition coefficient (Wildman–Crippen LogP) is 4.76. The second-order valence-electron chi connectivity index (χ2n) is 7.07. The van der Waals surface area contributed by atoms with E-state index in [1.807, 2.05) is 0 Å². The molecule has 0 aromatic heterocycles. The van der Waals surface area contributed by atoms with Crippen LogP contribution in [0.1, 0.15) is 41.4 Å². The number of aromatic carboxylic acids is 2. The van der Waals surface area contributed by atoms with Crippen LogP contribution in [-0.2, 0) is 0 Å². The molecule has 0 saturated heterocycles. The molecule has 0 amide bonds. The molecule has 5 aromatic rings. The highest BCUT2D eigenvalue weighted by molar-refractivity contribution is 6.37. The van der Waals surface area contributed by atoms with Crippen molar-refractivity contribution in [1.82, 2.24) is 0 Å². The Hall–Kier alpha value is -4.32. The van der Waals surface area contributed by atoms with E-state index in [-0.39, 0.29) is 22.3 Å². The first kappa shape index (κ1) is 17.8. The van der Waals surface area contributed by atoms with Gasteiger partial charge in [-0.2, -0.15) is 0 Å². The average Bonchev–Trinajstić information content (AvgIpc) is 2.75. The zero-order chi connectivity index (χ0) is 21.2. The highest BCUT2D eigenvalue weighted by atomic mass is 16.4. The largest absolute Gasteiger partial charge is 0.478 e. The normalized spacial score (nSPS) is 11.5. The maximum Gasteiger partial charge on any atom is 0.336 e. The molecule has 6 nitrogen and oxygen atoms in total. The van der Waals surface area contributed by atoms with Gasteiger partial charge in [-0.3, -0.25) is 9.59 Å². The van der Waals surface area contributed by atoms with E-state index in [0.717, 1.165) is 0 Å². The zero-order valence-electron chi connectivity index (χ0n) is 15.3. The molecule has 2 N–H and O–H groups in total. The minimum absolute atomic E-state index is 0.0176. The number of hydrogen-bond donors (Lipinski definition) is 2. The summed E-state index contributed by atoms with van der Waals surface area (Å²) in [5, 5.41) is 24.0. The third kappa shape index (κ3) is 2.13. The van der Waals surface area contributed by atoms with Crippen LogP contribution < -0.4 is 0 Å². The van der Waals surface area contributed by atoms with Gasteiger partial charge in [0.1, 0.15) is 0 Å². The van der Waals surface area contributed by atoms with Crippen LogP contribution in [0, 0.1) is 0 Å². The number of benzene rings is 5. The SMILES string of the molecule is O=Cc1ccc2c3ccc(C=O)c4c(C(=O)O)ccc(c5ccc(C(=O)O)c1c25)c43. The van der Waals surface area contributed by atoms with Gasteiger partial charge in [0.2, 0.25) is 0 Å². The summed E-state index contributed by atoms with van der Waals surface area (Å²) < 4.78 is 0. The van der Waals surface area contributed by atoms with Crippen molar-refractivity contribution in [2.45, 2.75) is 0 Å².